The van der Waals surface area contributed by atoms with Gasteiger partial charge in [0.05, 0.1) is 11.9 Å². The molecule has 0 bridgehead atoms. The fourth-order valence-electron chi connectivity index (χ4n) is 0.673. The minimum Gasteiger partial charge on any atom is -0.368 e. The molecular formula is C8H14BrN2P. The first-order valence-corrected chi connectivity index (χ1v) is 5.20. The largest absolute Gasteiger partial charge is 0.368 e. The molecule has 0 saturated carbocycles. The zero-order chi connectivity index (χ0) is 9.56. The summed E-state index contributed by atoms with van der Waals surface area (Å²) in [4.78, 5) is 4.05. The average molecular weight is 249 g/mol. The summed E-state index contributed by atoms with van der Waals surface area (Å²) in [5, 5.41) is 2.96. The number of aryl methyl sites for hydroxylation is 1. The Labute approximate surface area is 84.6 Å². The maximum Gasteiger partial charge on any atom is 0.106 e. The first-order valence-electron chi connectivity index (χ1n) is 3.83. The van der Waals surface area contributed by atoms with Crippen molar-refractivity contribution < 1.29 is 0 Å². The Morgan fingerprint density at radius 3 is 2.50 bits per heavy atom. The van der Waals surface area contributed by atoms with Gasteiger partial charge in [0.25, 0.3) is 0 Å². The van der Waals surface area contributed by atoms with Crippen molar-refractivity contribution in [3.05, 3.63) is 22.4 Å². The van der Waals surface area contributed by atoms with Crippen molar-refractivity contribution in [3.8, 4) is 0 Å². The van der Waals surface area contributed by atoms with Crippen LogP contribution in [-0.4, -0.2) is 4.98 Å². The number of nitrogens with zero attached hydrogens (tertiary/aromatic N) is 1. The lowest BCUT2D eigenvalue weighted by molar-refractivity contribution is 1.25. The van der Waals surface area contributed by atoms with Gasteiger partial charge in [-0.15, -0.1) is 0 Å². The van der Waals surface area contributed by atoms with Crippen LogP contribution in [-0.2, 0) is 0 Å². The van der Waals surface area contributed by atoms with Crippen molar-refractivity contribution in [3.63, 3.8) is 0 Å². The number of halogens is 1. The predicted octanol–water partition coefficient (Wildman–Crippen LogP) is 3.38. The normalized spacial score (nSPS) is 8.42. The van der Waals surface area contributed by atoms with Gasteiger partial charge in [-0.05, 0) is 43.9 Å². The van der Waals surface area contributed by atoms with Crippen molar-refractivity contribution >= 4 is 31.0 Å². The topological polar surface area (TPSA) is 24.9 Å². The standard InChI is InChI=1S/C6H8BrN2P.C2H6/c1-4-2-6(7)8-3-5(4)9-10;1-2/h2-3,9H,10H2,1H3;1-2H3. The zero-order valence-electron chi connectivity index (χ0n) is 7.56. The van der Waals surface area contributed by atoms with Crippen molar-refractivity contribution in [1.82, 2.24) is 4.98 Å². The summed E-state index contributed by atoms with van der Waals surface area (Å²) >= 11 is 3.28. The van der Waals surface area contributed by atoms with Gasteiger partial charge < -0.3 is 5.09 Å². The van der Waals surface area contributed by atoms with Gasteiger partial charge in [0, 0.05) is 0 Å². The molecule has 4 heteroatoms. The van der Waals surface area contributed by atoms with E-state index in [1.807, 2.05) is 26.8 Å². The predicted molar refractivity (Wildman–Crippen MR) is 61.4 cm³/mol. The molecule has 0 radical (unpaired) electrons. The van der Waals surface area contributed by atoms with Crippen LogP contribution in [0.15, 0.2) is 16.9 Å². The van der Waals surface area contributed by atoms with Crippen LogP contribution in [0.1, 0.15) is 19.4 Å². The van der Waals surface area contributed by atoms with Crippen molar-refractivity contribution in [2.75, 3.05) is 5.09 Å². The van der Waals surface area contributed by atoms with Gasteiger partial charge in [-0.3, -0.25) is 0 Å². The Kier molecular flexibility index (Phi) is 6.31. The van der Waals surface area contributed by atoms with E-state index in [2.05, 4.69) is 35.4 Å². The van der Waals surface area contributed by atoms with Gasteiger partial charge in [-0.25, -0.2) is 4.98 Å². The van der Waals surface area contributed by atoms with E-state index >= 15 is 0 Å². The SMILES string of the molecule is CC.Cc1cc(Br)ncc1NP. The van der Waals surface area contributed by atoms with Crippen molar-refractivity contribution in [2.24, 2.45) is 0 Å². The summed E-state index contributed by atoms with van der Waals surface area (Å²) in [5.74, 6) is 0. The molecule has 0 aromatic carbocycles. The molecule has 0 spiro atoms. The molecule has 1 unspecified atom stereocenters. The molecule has 0 saturated heterocycles. The number of hydrogen-bond donors (Lipinski definition) is 1. The van der Waals surface area contributed by atoms with E-state index in [0.717, 1.165) is 10.3 Å². The second kappa shape index (κ2) is 6.38. The van der Waals surface area contributed by atoms with E-state index in [0.29, 0.717) is 0 Å². The lowest BCUT2D eigenvalue weighted by Crippen LogP contribution is -1.86. The molecule has 0 aliphatic rings. The molecule has 68 valence electrons. The van der Waals surface area contributed by atoms with E-state index in [4.69, 9.17) is 0 Å². The Morgan fingerprint density at radius 2 is 2.08 bits per heavy atom. The van der Waals surface area contributed by atoms with E-state index < -0.39 is 0 Å². The highest BCUT2D eigenvalue weighted by molar-refractivity contribution is 9.10. The molecule has 1 heterocycles. The summed E-state index contributed by atoms with van der Waals surface area (Å²) in [6, 6.07) is 1.96. The fraction of sp³-hybridized carbons (Fsp3) is 0.375. The highest BCUT2D eigenvalue weighted by Crippen LogP contribution is 2.17. The smallest absolute Gasteiger partial charge is 0.106 e. The molecular weight excluding hydrogens is 235 g/mol. The molecule has 2 nitrogen and oxygen atoms in total. The third-order valence-electron chi connectivity index (χ3n) is 1.23. The molecule has 1 aromatic rings. The molecule has 12 heavy (non-hydrogen) atoms. The molecule has 0 amide bonds. The molecule has 1 aromatic heterocycles. The van der Waals surface area contributed by atoms with E-state index in [9.17, 15) is 0 Å². The Morgan fingerprint density at radius 1 is 1.50 bits per heavy atom. The second-order valence-electron chi connectivity index (χ2n) is 1.97. The Bertz CT molecular complexity index is 240. The third-order valence-corrected chi connectivity index (χ3v) is 1.98. The molecule has 0 fully saturated rings. The summed E-state index contributed by atoms with van der Waals surface area (Å²) in [5.41, 5.74) is 2.21. The number of aromatic nitrogens is 1. The van der Waals surface area contributed by atoms with Crippen molar-refractivity contribution in [1.29, 1.82) is 0 Å². The number of pyridine rings is 1. The second-order valence-corrected chi connectivity index (χ2v) is 3.07. The third kappa shape index (κ3) is 3.51. The van der Waals surface area contributed by atoms with Gasteiger partial charge in [0.2, 0.25) is 0 Å². The highest BCUT2D eigenvalue weighted by atomic mass is 79.9. The maximum absolute atomic E-state index is 4.05. The summed E-state index contributed by atoms with van der Waals surface area (Å²) in [6.07, 6.45) is 1.78. The number of hydrogen-bond acceptors (Lipinski definition) is 2. The van der Waals surface area contributed by atoms with Gasteiger partial charge in [-0.1, -0.05) is 13.8 Å². The Balaban J connectivity index is 0.000000561. The van der Waals surface area contributed by atoms with Crippen LogP contribution in [0.25, 0.3) is 0 Å². The van der Waals surface area contributed by atoms with Gasteiger partial charge in [0.15, 0.2) is 0 Å². The average Bonchev–Trinajstić information content (AvgIpc) is 2.08. The molecule has 1 rings (SSSR count). The summed E-state index contributed by atoms with van der Waals surface area (Å²) < 4.78 is 0.869. The number of nitrogens with one attached hydrogen (secondary N) is 1. The van der Waals surface area contributed by atoms with Crippen LogP contribution in [0.4, 0.5) is 5.69 Å². The van der Waals surface area contributed by atoms with E-state index in [1.165, 1.54) is 5.56 Å². The van der Waals surface area contributed by atoms with Gasteiger partial charge in [-0.2, -0.15) is 0 Å². The van der Waals surface area contributed by atoms with Gasteiger partial charge in [0.1, 0.15) is 4.60 Å². The van der Waals surface area contributed by atoms with Crippen LogP contribution in [0.5, 0.6) is 0 Å². The fourth-order valence-corrected chi connectivity index (χ4v) is 1.42. The minimum atomic E-state index is 0.869. The van der Waals surface area contributed by atoms with E-state index in [1.54, 1.807) is 6.20 Å². The summed E-state index contributed by atoms with van der Waals surface area (Å²) in [7, 11) is 2.44. The molecule has 0 aliphatic heterocycles. The molecule has 1 atom stereocenters. The van der Waals surface area contributed by atoms with Crippen LogP contribution in [0, 0.1) is 6.92 Å². The number of anilines is 1. The maximum atomic E-state index is 4.05. The molecule has 1 N–H and O–H groups in total. The number of rotatable bonds is 1. The van der Waals surface area contributed by atoms with Gasteiger partial charge >= 0.3 is 0 Å². The van der Waals surface area contributed by atoms with Crippen LogP contribution in [0.3, 0.4) is 0 Å². The van der Waals surface area contributed by atoms with Crippen LogP contribution < -0.4 is 5.09 Å². The summed E-state index contributed by atoms with van der Waals surface area (Å²) in [6.45, 7) is 6.03. The minimum absolute atomic E-state index is 0.869. The zero-order valence-corrected chi connectivity index (χ0v) is 10.3. The quantitative estimate of drug-likeness (QED) is 0.609. The first kappa shape index (κ1) is 11.9. The first-order chi connectivity index (χ1) is 5.74. The lowest BCUT2D eigenvalue weighted by Gasteiger charge is -2.02. The highest BCUT2D eigenvalue weighted by Gasteiger charge is 1.95. The lowest BCUT2D eigenvalue weighted by atomic mass is 10.3. The van der Waals surface area contributed by atoms with Crippen molar-refractivity contribution in [2.45, 2.75) is 20.8 Å². The van der Waals surface area contributed by atoms with Crippen LogP contribution >= 0.6 is 25.3 Å². The Hall–Kier alpha value is -0.140. The van der Waals surface area contributed by atoms with Crippen LogP contribution in [0.2, 0.25) is 0 Å². The monoisotopic (exact) mass is 248 g/mol. The molecule has 0 aliphatic carbocycles. The van der Waals surface area contributed by atoms with E-state index in [-0.39, 0.29) is 0 Å².